The number of carbonyl (C=O) groups excluding carboxylic acids is 2. The Labute approximate surface area is 197 Å². The number of fused-ring (bicyclic) bond motifs is 1. The number of ether oxygens (including phenoxy) is 1. The van der Waals surface area contributed by atoms with Gasteiger partial charge in [-0.05, 0) is 18.2 Å². The summed E-state index contributed by atoms with van der Waals surface area (Å²) in [4.78, 5) is 31.0. The van der Waals surface area contributed by atoms with Crippen molar-refractivity contribution in [1.29, 1.82) is 5.26 Å². The zero-order chi connectivity index (χ0) is 24.5. The Balaban J connectivity index is 1.30. The van der Waals surface area contributed by atoms with Crippen LogP contribution < -0.4 is 16.0 Å². The third-order valence-electron chi connectivity index (χ3n) is 5.42. The lowest BCUT2D eigenvalue weighted by Crippen LogP contribution is -2.55. The zero-order valence-corrected chi connectivity index (χ0v) is 18.0. The van der Waals surface area contributed by atoms with Gasteiger partial charge in [0.1, 0.15) is 11.8 Å². The summed E-state index contributed by atoms with van der Waals surface area (Å²) >= 11 is 0. The van der Waals surface area contributed by atoms with E-state index in [9.17, 15) is 14.7 Å². The second-order valence-electron chi connectivity index (χ2n) is 7.62. The van der Waals surface area contributed by atoms with E-state index in [1.807, 2.05) is 6.07 Å². The minimum absolute atomic E-state index is 0.0880. The van der Waals surface area contributed by atoms with Crippen LogP contribution in [0, 0.1) is 11.3 Å². The van der Waals surface area contributed by atoms with E-state index in [1.54, 1.807) is 36.5 Å². The first kappa shape index (κ1) is 22.0. The average molecular weight is 474 g/mol. The van der Waals surface area contributed by atoms with Gasteiger partial charge in [0.2, 0.25) is 0 Å². The standard InChI is InChI=1S/C22H18N8O5/c23-11-13-9-14(3-5-25-13)30-6-4-17(27-30)29-7-8-34-19(22(29)33)18(31)21(32)26-12-1-2-15-16(10-12)35-28-20(15)24/h1-6,9-10,18-19,31H,7-8H2,(H2,24,28)(H,26,32). The quantitative estimate of drug-likeness (QED) is 0.370. The molecule has 0 bridgehead atoms. The summed E-state index contributed by atoms with van der Waals surface area (Å²) in [6.45, 7) is 0.273. The summed E-state index contributed by atoms with van der Waals surface area (Å²) in [6, 6.07) is 11.5. The Morgan fingerprint density at radius 2 is 2.17 bits per heavy atom. The Kier molecular flexibility index (Phi) is 5.57. The van der Waals surface area contributed by atoms with E-state index in [0.717, 1.165) is 0 Å². The van der Waals surface area contributed by atoms with E-state index >= 15 is 0 Å². The maximum atomic E-state index is 13.1. The lowest BCUT2D eigenvalue weighted by atomic mass is 10.1. The van der Waals surface area contributed by atoms with Crippen LogP contribution >= 0.6 is 0 Å². The third kappa shape index (κ3) is 4.14. The minimum atomic E-state index is -1.78. The van der Waals surface area contributed by atoms with E-state index in [0.29, 0.717) is 28.2 Å². The molecule has 176 valence electrons. The lowest BCUT2D eigenvalue weighted by molar-refractivity contribution is -0.150. The number of aromatic nitrogens is 4. The fraction of sp³-hybridized carbons (Fsp3) is 0.182. The van der Waals surface area contributed by atoms with Crippen molar-refractivity contribution in [2.45, 2.75) is 12.2 Å². The van der Waals surface area contributed by atoms with Crippen molar-refractivity contribution in [2.75, 3.05) is 29.1 Å². The fourth-order valence-corrected chi connectivity index (χ4v) is 3.67. The highest BCUT2D eigenvalue weighted by Gasteiger charge is 2.40. The number of nitrogen functional groups attached to an aromatic ring is 1. The number of pyridine rings is 1. The molecule has 4 aromatic rings. The second kappa shape index (κ2) is 8.86. The van der Waals surface area contributed by atoms with Gasteiger partial charge in [0.15, 0.2) is 29.4 Å². The van der Waals surface area contributed by atoms with Gasteiger partial charge in [-0.2, -0.15) is 5.26 Å². The van der Waals surface area contributed by atoms with Crippen LogP contribution in [0.25, 0.3) is 16.7 Å². The Morgan fingerprint density at radius 3 is 3.00 bits per heavy atom. The van der Waals surface area contributed by atoms with Gasteiger partial charge >= 0.3 is 0 Å². The number of hydrogen-bond acceptors (Lipinski definition) is 10. The number of rotatable bonds is 5. The van der Waals surface area contributed by atoms with Gasteiger partial charge in [0.05, 0.1) is 24.2 Å². The number of nitrogens with two attached hydrogens (primary N) is 1. The topological polar surface area (TPSA) is 185 Å². The Bertz CT molecular complexity index is 1470. The predicted octanol–water partition coefficient (Wildman–Crippen LogP) is 0.594. The number of morpholine rings is 1. The number of aliphatic hydroxyl groups excluding tert-OH is 1. The van der Waals surface area contributed by atoms with Gasteiger partial charge in [-0.25, -0.2) is 9.67 Å². The lowest BCUT2D eigenvalue weighted by Gasteiger charge is -2.32. The monoisotopic (exact) mass is 474 g/mol. The molecule has 5 rings (SSSR count). The molecule has 1 aliphatic rings. The Morgan fingerprint density at radius 1 is 1.31 bits per heavy atom. The summed E-state index contributed by atoms with van der Waals surface area (Å²) in [5.74, 6) is -0.922. The van der Waals surface area contributed by atoms with Crippen LogP contribution in [0.3, 0.4) is 0 Å². The number of nitriles is 1. The third-order valence-corrected chi connectivity index (χ3v) is 5.42. The number of nitrogens with zero attached hydrogens (tertiary/aromatic N) is 6. The Hall–Kier alpha value is -4.80. The summed E-state index contributed by atoms with van der Waals surface area (Å²) < 4.78 is 12.0. The number of anilines is 3. The van der Waals surface area contributed by atoms with Crippen LogP contribution in [0.15, 0.2) is 53.3 Å². The van der Waals surface area contributed by atoms with Crippen molar-refractivity contribution < 1.29 is 24.0 Å². The SMILES string of the molecule is N#Cc1cc(-n2ccc(N3CCOC(C(O)C(=O)Nc4ccc5c(N)noc5c4)C3=O)n2)ccn1. The molecular weight excluding hydrogens is 456 g/mol. The van der Waals surface area contributed by atoms with Crippen LogP contribution in [-0.4, -0.2) is 62.2 Å². The molecule has 1 aromatic carbocycles. The molecule has 13 nitrogen and oxygen atoms in total. The first-order valence-electron chi connectivity index (χ1n) is 10.4. The van der Waals surface area contributed by atoms with Crippen molar-refractivity contribution in [3.05, 3.63) is 54.5 Å². The van der Waals surface area contributed by atoms with Crippen molar-refractivity contribution in [2.24, 2.45) is 0 Å². The van der Waals surface area contributed by atoms with Crippen molar-refractivity contribution in [3.8, 4) is 11.8 Å². The molecule has 2 atom stereocenters. The van der Waals surface area contributed by atoms with Gasteiger partial charge in [-0.1, -0.05) is 5.16 Å². The van der Waals surface area contributed by atoms with Gasteiger partial charge in [0.25, 0.3) is 11.8 Å². The first-order valence-corrected chi connectivity index (χ1v) is 10.4. The number of hydrogen-bond donors (Lipinski definition) is 3. The number of amides is 2. The fourth-order valence-electron chi connectivity index (χ4n) is 3.67. The number of aliphatic hydroxyl groups is 1. The molecule has 0 radical (unpaired) electrons. The predicted molar refractivity (Wildman–Crippen MR) is 121 cm³/mol. The van der Waals surface area contributed by atoms with Crippen LogP contribution in [0.5, 0.6) is 0 Å². The molecule has 3 aromatic heterocycles. The van der Waals surface area contributed by atoms with Crippen LogP contribution in [0.1, 0.15) is 5.69 Å². The molecule has 1 aliphatic heterocycles. The number of carbonyl (C=O) groups is 2. The minimum Gasteiger partial charge on any atom is -0.380 e. The van der Waals surface area contributed by atoms with Gasteiger partial charge in [0, 0.05) is 36.3 Å². The number of nitrogens with one attached hydrogen (secondary N) is 1. The summed E-state index contributed by atoms with van der Waals surface area (Å²) in [5.41, 5.74) is 7.18. The summed E-state index contributed by atoms with van der Waals surface area (Å²) in [6.07, 6.45) is -0.0974. The largest absolute Gasteiger partial charge is 0.380 e. The molecule has 4 heterocycles. The highest BCUT2D eigenvalue weighted by molar-refractivity contribution is 6.04. The van der Waals surface area contributed by atoms with Gasteiger partial charge < -0.3 is 25.4 Å². The van der Waals surface area contributed by atoms with Gasteiger partial charge in [-0.3, -0.25) is 14.5 Å². The molecule has 13 heteroatoms. The molecule has 0 saturated carbocycles. The maximum Gasteiger partial charge on any atom is 0.260 e. The highest BCUT2D eigenvalue weighted by Crippen LogP contribution is 2.25. The second-order valence-corrected chi connectivity index (χ2v) is 7.62. The van der Waals surface area contributed by atoms with Crippen LogP contribution in [0.2, 0.25) is 0 Å². The smallest absolute Gasteiger partial charge is 0.260 e. The molecular formula is C22H18N8O5. The molecule has 2 unspecified atom stereocenters. The first-order chi connectivity index (χ1) is 16.9. The maximum absolute atomic E-state index is 13.1. The van der Waals surface area contributed by atoms with Crippen molar-refractivity contribution in [3.63, 3.8) is 0 Å². The molecule has 4 N–H and O–H groups in total. The van der Waals surface area contributed by atoms with E-state index in [-0.39, 0.29) is 24.7 Å². The molecule has 1 fully saturated rings. The van der Waals surface area contributed by atoms with Gasteiger partial charge in [-0.15, -0.1) is 5.10 Å². The van der Waals surface area contributed by atoms with Crippen molar-refractivity contribution >= 4 is 40.1 Å². The van der Waals surface area contributed by atoms with Crippen molar-refractivity contribution in [1.82, 2.24) is 19.9 Å². The summed E-state index contributed by atoms with van der Waals surface area (Å²) in [5, 5.41) is 30.8. The van der Waals surface area contributed by atoms with E-state index in [4.69, 9.17) is 20.3 Å². The number of benzene rings is 1. The highest BCUT2D eigenvalue weighted by atomic mass is 16.5. The normalized spacial score (nSPS) is 16.7. The molecule has 0 aliphatic carbocycles. The summed E-state index contributed by atoms with van der Waals surface area (Å²) in [7, 11) is 0. The average Bonchev–Trinajstić information content (AvgIpc) is 3.51. The molecule has 1 saturated heterocycles. The zero-order valence-electron chi connectivity index (χ0n) is 18.0. The van der Waals surface area contributed by atoms with Crippen LogP contribution in [-0.2, 0) is 14.3 Å². The molecule has 2 amide bonds. The van der Waals surface area contributed by atoms with Crippen LogP contribution in [0.4, 0.5) is 17.3 Å². The molecule has 35 heavy (non-hydrogen) atoms. The molecule has 0 spiro atoms. The van der Waals surface area contributed by atoms with E-state index in [1.165, 1.54) is 21.8 Å². The van der Waals surface area contributed by atoms with E-state index in [2.05, 4.69) is 20.6 Å². The van der Waals surface area contributed by atoms with E-state index < -0.39 is 24.0 Å².